The molecule has 9 nitrogen and oxygen atoms in total. The van der Waals surface area contributed by atoms with Crippen molar-refractivity contribution in [1.82, 2.24) is 34.7 Å². The summed E-state index contributed by atoms with van der Waals surface area (Å²) in [6.07, 6.45) is 8.77. The van der Waals surface area contributed by atoms with Gasteiger partial charge in [-0.15, -0.1) is 5.10 Å². The highest BCUT2D eigenvalue weighted by Gasteiger charge is 2.15. The number of hydrogen-bond acceptors (Lipinski definition) is 7. The first-order valence-electron chi connectivity index (χ1n) is 10.2. The summed E-state index contributed by atoms with van der Waals surface area (Å²) in [5.74, 6) is 1.99. The molecule has 0 aromatic carbocycles. The molecule has 4 aromatic heterocycles. The molecule has 0 amide bonds. The van der Waals surface area contributed by atoms with Crippen LogP contribution in [0.2, 0.25) is 0 Å². The van der Waals surface area contributed by atoms with Gasteiger partial charge in [0.15, 0.2) is 11.5 Å². The van der Waals surface area contributed by atoms with Gasteiger partial charge in [-0.1, -0.05) is 19.1 Å². The molecule has 0 unspecified atom stereocenters. The van der Waals surface area contributed by atoms with Gasteiger partial charge in [0.25, 0.3) is 0 Å². The molecule has 0 fully saturated rings. The fraction of sp³-hybridized carbons (Fsp3) is 0.318. The second kappa shape index (κ2) is 8.52. The molecule has 31 heavy (non-hydrogen) atoms. The number of aryl methyl sites for hydroxylation is 1. The third-order valence-corrected chi connectivity index (χ3v) is 4.74. The summed E-state index contributed by atoms with van der Waals surface area (Å²) in [6, 6.07) is 6.00. The van der Waals surface area contributed by atoms with E-state index in [0.29, 0.717) is 17.0 Å². The van der Waals surface area contributed by atoms with Crippen LogP contribution in [-0.2, 0) is 6.42 Å². The van der Waals surface area contributed by atoms with Crippen LogP contribution in [0, 0.1) is 17.2 Å². The van der Waals surface area contributed by atoms with E-state index in [9.17, 15) is 0 Å². The molecule has 0 saturated heterocycles. The van der Waals surface area contributed by atoms with Crippen molar-refractivity contribution in [3.63, 3.8) is 0 Å². The first-order valence-corrected chi connectivity index (χ1v) is 10.2. The minimum Gasteiger partial charge on any atom is -0.381 e. The van der Waals surface area contributed by atoms with Crippen molar-refractivity contribution in [1.29, 1.82) is 5.26 Å². The summed E-state index contributed by atoms with van der Waals surface area (Å²) in [5, 5.41) is 26.4. The number of hydrogen-bond donors (Lipinski definition) is 1. The monoisotopic (exact) mass is 414 g/mol. The minimum absolute atomic E-state index is 0.208. The van der Waals surface area contributed by atoms with E-state index >= 15 is 0 Å². The summed E-state index contributed by atoms with van der Waals surface area (Å²) in [6.45, 7) is 8.38. The van der Waals surface area contributed by atoms with Crippen LogP contribution < -0.4 is 5.32 Å². The van der Waals surface area contributed by atoms with Gasteiger partial charge in [-0.2, -0.15) is 15.0 Å². The van der Waals surface area contributed by atoms with E-state index in [2.05, 4.69) is 64.5 Å². The van der Waals surface area contributed by atoms with E-state index in [1.165, 1.54) is 12.1 Å². The van der Waals surface area contributed by atoms with Crippen molar-refractivity contribution in [2.24, 2.45) is 0 Å². The Morgan fingerprint density at radius 1 is 1.16 bits per heavy atom. The number of nitrogens with zero attached hydrogens (tertiary/aromatic N) is 8. The second-order valence-corrected chi connectivity index (χ2v) is 8.03. The number of pyridine rings is 2. The molecule has 0 spiro atoms. The van der Waals surface area contributed by atoms with E-state index < -0.39 is 0 Å². The summed E-state index contributed by atoms with van der Waals surface area (Å²) < 4.78 is 3.42. The normalized spacial score (nSPS) is 11.4. The average molecular weight is 414 g/mol. The molecule has 0 aliphatic carbocycles. The van der Waals surface area contributed by atoms with Gasteiger partial charge in [-0.05, 0) is 38.7 Å². The molecular formula is C22H24N9. The molecule has 4 aromatic rings. The standard InChI is InChI=1S/C22H24N9/c1-14(2)5-6-18-13-30(29-28-18)20-12-24-21(8-19(20)27-15(3)4)31-22-17(11-26-31)7-16(9-23)10-25-22/h7-8,10-13,15H,5-6H2,1-4H3,(H,24,27). The van der Waals surface area contributed by atoms with Gasteiger partial charge in [0, 0.05) is 23.7 Å². The molecule has 0 saturated carbocycles. The number of anilines is 1. The maximum absolute atomic E-state index is 9.09. The smallest absolute Gasteiger partial charge is 0.164 e. The largest absolute Gasteiger partial charge is 0.381 e. The van der Waals surface area contributed by atoms with E-state index in [1.54, 1.807) is 27.8 Å². The Hall–Kier alpha value is -3.80. The summed E-state index contributed by atoms with van der Waals surface area (Å²) in [5.41, 5.74) is 3.76. The Kier molecular flexibility index (Phi) is 5.62. The van der Waals surface area contributed by atoms with Crippen molar-refractivity contribution >= 4 is 16.7 Å². The predicted octanol–water partition coefficient (Wildman–Crippen LogP) is 3.64. The fourth-order valence-electron chi connectivity index (χ4n) is 3.22. The number of fused-ring (bicyclic) bond motifs is 1. The predicted molar refractivity (Wildman–Crippen MR) is 118 cm³/mol. The Morgan fingerprint density at radius 2 is 2.00 bits per heavy atom. The third kappa shape index (κ3) is 4.38. The van der Waals surface area contributed by atoms with Gasteiger partial charge < -0.3 is 5.32 Å². The number of nitrogens with one attached hydrogen (secondary N) is 1. The Morgan fingerprint density at radius 3 is 2.74 bits per heavy atom. The molecule has 4 heterocycles. The molecule has 0 aliphatic heterocycles. The van der Waals surface area contributed by atoms with Crippen molar-refractivity contribution in [2.75, 3.05) is 5.32 Å². The van der Waals surface area contributed by atoms with Crippen LogP contribution in [0.5, 0.6) is 0 Å². The van der Waals surface area contributed by atoms with Crippen LogP contribution in [0.25, 0.3) is 22.5 Å². The Labute approximate surface area is 180 Å². The zero-order chi connectivity index (χ0) is 22.0. The first-order chi connectivity index (χ1) is 14.9. The maximum atomic E-state index is 9.09. The third-order valence-electron chi connectivity index (χ3n) is 4.74. The lowest BCUT2D eigenvalue weighted by Crippen LogP contribution is -2.14. The van der Waals surface area contributed by atoms with Gasteiger partial charge in [0.1, 0.15) is 11.8 Å². The second-order valence-electron chi connectivity index (χ2n) is 8.03. The molecule has 0 atom stereocenters. The van der Waals surface area contributed by atoms with Gasteiger partial charge in [-0.3, -0.25) is 0 Å². The number of aromatic nitrogens is 7. The van der Waals surface area contributed by atoms with Crippen molar-refractivity contribution in [3.05, 3.63) is 54.1 Å². The van der Waals surface area contributed by atoms with Crippen molar-refractivity contribution < 1.29 is 0 Å². The molecule has 1 N–H and O–H groups in total. The van der Waals surface area contributed by atoms with Gasteiger partial charge in [0.2, 0.25) is 0 Å². The molecule has 0 aliphatic rings. The van der Waals surface area contributed by atoms with E-state index in [-0.39, 0.29) is 6.04 Å². The summed E-state index contributed by atoms with van der Waals surface area (Å²) >= 11 is 0. The lowest BCUT2D eigenvalue weighted by atomic mass is 10.1. The highest BCUT2D eigenvalue weighted by molar-refractivity contribution is 5.77. The molecular weight excluding hydrogens is 390 g/mol. The summed E-state index contributed by atoms with van der Waals surface area (Å²) in [4.78, 5) is 8.99. The molecule has 9 heteroatoms. The zero-order valence-electron chi connectivity index (χ0n) is 18.0. The lowest BCUT2D eigenvalue weighted by Gasteiger charge is -2.15. The molecule has 0 bridgehead atoms. The SMILES string of the molecule is C[C](C)CCc1cn(-c2cnc(-n3ncc4cc(C#N)cnc43)cc2NC(C)C)nn1. The topological polar surface area (TPSA) is 110 Å². The Bertz CT molecular complexity index is 1240. The van der Waals surface area contributed by atoms with Crippen LogP contribution >= 0.6 is 0 Å². The Balaban J connectivity index is 1.72. The quantitative estimate of drug-likeness (QED) is 0.491. The highest BCUT2D eigenvalue weighted by Crippen LogP contribution is 2.24. The van der Waals surface area contributed by atoms with Crippen molar-refractivity contribution in [3.8, 4) is 17.6 Å². The van der Waals surface area contributed by atoms with Crippen LogP contribution in [-0.4, -0.2) is 40.8 Å². The van der Waals surface area contributed by atoms with Crippen LogP contribution in [0.4, 0.5) is 5.69 Å². The maximum Gasteiger partial charge on any atom is 0.164 e. The lowest BCUT2D eigenvalue weighted by molar-refractivity contribution is 0.773. The first kappa shape index (κ1) is 20.5. The van der Waals surface area contributed by atoms with Gasteiger partial charge >= 0.3 is 0 Å². The minimum atomic E-state index is 0.208. The molecule has 1 radical (unpaired) electrons. The van der Waals surface area contributed by atoms with E-state index in [4.69, 9.17) is 5.26 Å². The summed E-state index contributed by atoms with van der Waals surface area (Å²) in [7, 11) is 0. The molecule has 4 rings (SSSR count). The molecule has 157 valence electrons. The average Bonchev–Trinajstić information content (AvgIpc) is 3.38. The van der Waals surface area contributed by atoms with E-state index in [1.807, 2.05) is 12.3 Å². The van der Waals surface area contributed by atoms with Gasteiger partial charge in [-0.25, -0.2) is 14.6 Å². The van der Waals surface area contributed by atoms with Gasteiger partial charge in [0.05, 0.1) is 35.5 Å². The van der Waals surface area contributed by atoms with Crippen LogP contribution in [0.15, 0.2) is 36.9 Å². The van der Waals surface area contributed by atoms with Crippen LogP contribution in [0.1, 0.15) is 45.4 Å². The van der Waals surface area contributed by atoms with E-state index in [0.717, 1.165) is 35.3 Å². The van der Waals surface area contributed by atoms with Crippen LogP contribution in [0.3, 0.4) is 0 Å². The van der Waals surface area contributed by atoms with Crippen molar-refractivity contribution in [2.45, 2.75) is 46.6 Å². The number of rotatable bonds is 7. The zero-order valence-corrected chi connectivity index (χ0v) is 18.0. The fourth-order valence-corrected chi connectivity index (χ4v) is 3.22. The number of nitriles is 1. The highest BCUT2D eigenvalue weighted by atomic mass is 15.4.